The van der Waals surface area contributed by atoms with Crippen LogP contribution in [0.1, 0.15) is 28.9 Å². The van der Waals surface area contributed by atoms with Crippen LogP contribution in [0.25, 0.3) is 0 Å². The van der Waals surface area contributed by atoms with E-state index in [-0.39, 0.29) is 23.7 Å². The average molecular weight is 367 g/mol. The molecule has 6 heteroatoms. The highest BCUT2D eigenvalue weighted by molar-refractivity contribution is 7.12. The minimum absolute atomic E-state index is 0.0890. The van der Waals surface area contributed by atoms with Gasteiger partial charge in [0.15, 0.2) is 0 Å². The van der Waals surface area contributed by atoms with Crippen molar-refractivity contribution in [3.05, 3.63) is 46.7 Å². The summed E-state index contributed by atoms with van der Waals surface area (Å²) in [6, 6.07) is 10.2. The molecule has 1 aromatic heterocycles. The van der Waals surface area contributed by atoms with E-state index < -0.39 is 5.97 Å². The molecule has 1 aromatic carbocycles. The maximum Gasteiger partial charge on any atom is 0.353 e. The minimum Gasteiger partial charge on any atom is -0.422 e. The van der Waals surface area contributed by atoms with Crippen LogP contribution in [-0.4, -0.2) is 17.8 Å². The Morgan fingerprint density at radius 2 is 1.77 bits per heavy atom. The van der Waals surface area contributed by atoms with E-state index in [1.54, 1.807) is 36.4 Å². The first-order chi connectivity index (χ1) is 12.6. The molecular formula is C20H17NO4S. The van der Waals surface area contributed by atoms with Gasteiger partial charge in [0.25, 0.3) is 0 Å². The predicted octanol–water partition coefficient (Wildman–Crippen LogP) is 3.50. The molecule has 0 N–H and O–H groups in total. The first kappa shape index (κ1) is 15.8. The minimum atomic E-state index is -0.439. The Bertz CT molecular complexity index is 878. The largest absolute Gasteiger partial charge is 0.422 e. The van der Waals surface area contributed by atoms with E-state index in [2.05, 4.69) is 0 Å². The second kappa shape index (κ2) is 5.77. The zero-order chi connectivity index (χ0) is 17.8. The van der Waals surface area contributed by atoms with Gasteiger partial charge in [0, 0.05) is 6.07 Å². The van der Waals surface area contributed by atoms with E-state index in [0.717, 1.165) is 19.3 Å². The van der Waals surface area contributed by atoms with Gasteiger partial charge in [-0.1, -0.05) is 12.1 Å². The highest BCUT2D eigenvalue weighted by atomic mass is 32.1. The number of amides is 2. The second-order valence-corrected chi connectivity index (χ2v) is 8.21. The third-order valence-electron chi connectivity index (χ3n) is 5.94. The van der Waals surface area contributed by atoms with Gasteiger partial charge in [-0.3, -0.25) is 9.59 Å². The number of thiophene rings is 1. The second-order valence-electron chi connectivity index (χ2n) is 7.26. The number of hydrogen-bond donors (Lipinski definition) is 0. The van der Waals surface area contributed by atoms with E-state index in [4.69, 9.17) is 4.74 Å². The lowest BCUT2D eigenvalue weighted by Gasteiger charge is -2.19. The van der Waals surface area contributed by atoms with Crippen molar-refractivity contribution in [2.45, 2.75) is 19.3 Å². The number of benzene rings is 1. The van der Waals surface area contributed by atoms with Gasteiger partial charge in [0.05, 0.1) is 17.5 Å². The molecular weight excluding hydrogens is 350 g/mol. The van der Waals surface area contributed by atoms with Crippen molar-refractivity contribution in [1.29, 1.82) is 0 Å². The van der Waals surface area contributed by atoms with Crippen molar-refractivity contribution in [2.75, 3.05) is 4.90 Å². The van der Waals surface area contributed by atoms with E-state index in [9.17, 15) is 14.4 Å². The number of rotatable bonds is 3. The first-order valence-electron chi connectivity index (χ1n) is 8.87. The Morgan fingerprint density at radius 3 is 2.42 bits per heavy atom. The molecule has 1 saturated heterocycles. The van der Waals surface area contributed by atoms with Crippen molar-refractivity contribution in [3.8, 4) is 5.75 Å². The Balaban J connectivity index is 1.42. The number of carbonyl (C=O) groups is 3. The van der Waals surface area contributed by atoms with Crippen LogP contribution in [0.3, 0.4) is 0 Å². The molecule has 5 nitrogen and oxygen atoms in total. The number of hydrogen-bond acceptors (Lipinski definition) is 5. The molecule has 0 unspecified atom stereocenters. The third kappa shape index (κ3) is 2.25. The Labute approximate surface area is 154 Å². The summed E-state index contributed by atoms with van der Waals surface area (Å²) in [6.07, 6.45) is 3.12. The van der Waals surface area contributed by atoms with Crippen LogP contribution in [-0.2, 0) is 9.59 Å². The van der Waals surface area contributed by atoms with Crippen LogP contribution in [0.5, 0.6) is 5.75 Å². The SMILES string of the molecule is O=C(Oc1cccc(N2C(=O)[C@@H]3[C@H]4CC[C@@H](C4)[C@H]3C2=O)c1)c1cccs1. The van der Waals surface area contributed by atoms with Crippen LogP contribution in [0.2, 0.25) is 0 Å². The molecule has 2 aliphatic carbocycles. The van der Waals surface area contributed by atoms with E-state index >= 15 is 0 Å². The van der Waals surface area contributed by atoms with Gasteiger partial charge in [-0.15, -0.1) is 11.3 Å². The van der Waals surface area contributed by atoms with Gasteiger partial charge in [-0.25, -0.2) is 9.69 Å². The fourth-order valence-corrected chi connectivity index (χ4v) is 5.50. The van der Waals surface area contributed by atoms with Crippen molar-refractivity contribution in [1.82, 2.24) is 0 Å². The van der Waals surface area contributed by atoms with Gasteiger partial charge in [-0.2, -0.15) is 0 Å². The van der Waals surface area contributed by atoms with Gasteiger partial charge >= 0.3 is 5.97 Å². The molecule has 3 aliphatic rings. The number of ether oxygens (including phenoxy) is 1. The molecule has 0 radical (unpaired) electrons. The molecule has 26 heavy (non-hydrogen) atoms. The topological polar surface area (TPSA) is 63.7 Å². The van der Waals surface area contributed by atoms with Crippen LogP contribution < -0.4 is 9.64 Å². The number of anilines is 1. The van der Waals surface area contributed by atoms with E-state index in [0.29, 0.717) is 28.1 Å². The molecule has 2 aromatic rings. The quantitative estimate of drug-likeness (QED) is 0.473. The summed E-state index contributed by atoms with van der Waals surface area (Å²) in [4.78, 5) is 39.8. The molecule has 2 saturated carbocycles. The summed E-state index contributed by atoms with van der Waals surface area (Å²) < 4.78 is 5.40. The summed E-state index contributed by atoms with van der Waals surface area (Å²) in [5, 5.41) is 1.81. The molecule has 1 aliphatic heterocycles. The maximum absolute atomic E-state index is 12.9. The maximum atomic E-state index is 12.9. The molecule has 132 valence electrons. The van der Waals surface area contributed by atoms with Crippen LogP contribution >= 0.6 is 11.3 Å². The normalized spacial score (nSPS) is 29.3. The highest BCUT2D eigenvalue weighted by Crippen LogP contribution is 2.56. The highest BCUT2D eigenvalue weighted by Gasteiger charge is 2.61. The molecule has 0 spiro atoms. The monoisotopic (exact) mass is 367 g/mol. The smallest absolute Gasteiger partial charge is 0.353 e. The summed E-state index contributed by atoms with van der Waals surface area (Å²) in [6.45, 7) is 0. The molecule has 2 bridgehead atoms. The Kier molecular flexibility index (Phi) is 3.50. The van der Waals surface area contributed by atoms with Crippen molar-refractivity contribution in [3.63, 3.8) is 0 Å². The van der Waals surface area contributed by atoms with Crippen LogP contribution in [0.4, 0.5) is 5.69 Å². The summed E-state index contributed by atoms with van der Waals surface area (Å²) in [5.41, 5.74) is 0.491. The van der Waals surface area contributed by atoms with Crippen molar-refractivity contribution in [2.24, 2.45) is 23.7 Å². The van der Waals surface area contributed by atoms with Gasteiger partial charge in [-0.05, 0) is 54.7 Å². The lowest BCUT2D eigenvalue weighted by molar-refractivity contribution is -0.123. The summed E-state index contributed by atoms with van der Waals surface area (Å²) >= 11 is 1.31. The molecule has 4 atom stereocenters. The lowest BCUT2D eigenvalue weighted by atomic mass is 9.81. The van der Waals surface area contributed by atoms with Crippen LogP contribution in [0, 0.1) is 23.7 Å². The van der Waals surface area contributed by atoms with Crippen molar-refractivity contribution < 1.29 is 19.1 Å². The van der Waals surface area contributed by atoms with Crippen LogP contribution in [0.15, 0.2) is 41.8 Å². The zero-order valence-corrected chi connectivity index (χ0v) is 14.8. The lowest BCUT2D eigenvalue weighted by Crippen LogP contribution is -2.32. The standard InChI is InChI=1S/C20H17NO4S/c22-18-16-11-6-7-12(9-11)17(16)19(23)21(18)13-3-1-4-14(10-13)25-20(24)15-5-2-8-26-15/h1-5,8,10-12,16-17H,6-7,9H2/t11-,12-,16+,17+/m0/s1. The fraction of sp³-hybridized carbons (Fsp3) is 0.350. The first-order valence-corrected chi connectivity index (χ1v) is 9.75. The average Bonchev–Trinajstić information content (AvgIpc) is 3.39. The third-order valence-corrected chi connectivity index (χ3v) is 6.79. The number of carbonyl (C=O) groups excluding carboxylic acids is 3. The van der Waals surface area contributed by atoms with E-state index in [1.807, 2.05) is 5.38 Å². The molecule has 3 fully saturated rings. The predicted molar refractivity (Wildman–Crippen MR) is 96.0 cm³/mol. The number of nitrogens with zero attached hydrogens (tertiary/aromatic N) is 1. The molecule has 2 heterocycles. The Hall–Kier alpha value is -2.47. The fourth-order valence-electron chi connectivity index (χ4n) is 4.90. The number of fused-ring (bicyclic) bond motifs is 5. The Morgan fingerprint density at radius 1 is 1.04 bits per heavy atom. The summed E-state index contributed by atoms with van der Waals surface area (Å²) in [5.74, 6) is 0.116. The van der Waals surface area contributed by atoms with Gasteiger partial charge in [0.2, 0.25) is 11.8 Å². The number of imide groups is 1. The van der Waals surface area contributed by atoms with Gasteiger partial charge < -0.3 is 4.74 Å². The molecule has 5 rings (SSSR count). The van der Waals surface area contributed by atoms with Crippen molar-refractivity contribution >= 4 is 34.8 Å². The molecule has 2 amide bonds. The summed E-state index contributed by atoms with van der Waals surface area (Å²) in [7, 11) is 0. The number of esters is 1. The van der Waals surface area contributed by atoms with Gasteiger partial charge in [0.1, 0.15) is 10.6 Å². The van der Waals surface area contributed by atoms with E-state index in [1.165, 1.54) is 16.2 Å². The zero-order valence-electron chi connectivity index (χ0n) is 14.0.